The van der Waals surface area contributed by atoms with E-state index < -0.39 is 5.69 Å². The minimum absolute atomic E-state index is 0.120. The van der Waals surface area contributed by atoms with Crippen molar-refractivity contribution in [3.63, 3.8) is 0 Å². The number of aromatic hydroxyl groups is 2. The molecule has 9 heteroatoms. The Morgan fingerprint density at radius 1 is 1.14 bits per heavy atom. The molecule has 0 aliphatic carbocycles. The first-order valence-corrected chi connectivity index (χ1v) is 8.66. The van der Waals surface area contributed by atoms with E-state index in [1.807, 2.05) is 13.8 Å². The number of nitrogens with zero attached hydrogens (tertiary/aromatic N) is 5. The Balaban J connectivity index is 1.63. The molecule has 0 fully saturated rings. The highest BCUT2D eigenvalue weighted by molar-refractivity contribution is 5.33. The molecule has 1 aromatic carbocycles. The van der Waals surface area contributed by atoms with Gasteiger partial charge in [-0.1, -0.05) is 17.3 Å². The van der Waals surface area contributed by atoms with E-state index in [-0.39, 0.29) is 18.2 Å². The van der Waals surface area contributed by atoms with Gasteiger partial charge in [-0.25, -0.2) is 9.36 Å². The van der Waals surface area contributed by atoms with Crippen LogP contribution in [0.5, 0.6) is 11.6 Å². The topological polar surface area (TPSA) is 111 Å². The maximum atomic E-state index is 12.8. The lowest BCUT2D eigenvalue weighted by molar-refractivity contribution is 0.391. The lowest BCUT2D eigenvalue weighted by Crippen LogP contribution is -2.23. The molecule has 3 heterocycles. The summed E-state index contributed by atoms with van der Waals surface area (Å²) in [4.78, 5) is 12.8. The lowest BCUT2D eigenvalue weighted by atomic mass is 10.2. The predicted octanol–water partition coefficient (Wildman–Crippen LogP) is 1.95. The van der Waals surface area contributed by atoms with Gasteiger partial charge in [0.1, 0.15) is 11.5 Å². The van der Waals surface area contributed by atoms with Gasteiger partial charge < -0.3 is 14.7 Å². The molecular formula is C19H19N5O4. The van der Waals surface area contributed by atoms with Crippen LogP contribution >= 0.6 is 0 Å². The zero-order valence-electron chi connectivity index (χ0n) is 15.4. The second kappa shape index (κ2) is 6.76. The van der Waals surface area contributed by atoms with Crippen molar-refractivity contribution < 1.29 is 14.7 Å². The van der Waals surface area contributed by atoms with Crippen LogP contribution in [0.1, 0.15) is 22.6 Å². The zero-order valence-corrected chi connectivity index (χ0v) is 15.4. The van der Waals surface area contributed by atoms with Crippen LogP contribution in [-0.4, -0.2) is 34.3 Å². The molecule has 0 saturated carbocycles. The average molecular weight is 381 g/mol. The Morgan fingerprint density at radius 3 is 2.68 bits per heavy atom. The molecular weight excluding hydrogens is 362 g/mol. The zero-order chi connectivity index (χ0) is 19.8. The first-order chi connectivity index (χ1) is 13.4. The van der Waals surface area contributed by atoms with E-state index in [0.29, 0.717) is 18.0 Å². The van der Waals surface area contributed by atoms with Crippen LogP contribution in [0.15, 0.2) is 52.2 Å². The second-order valence-electron chi connectivity index (χ2n) is 6.60. The largest absolute Gasteiger partial charge is 0.508 e. The van der Waals surface area contributed by atoms with Crippen LogP contribution in [0.3, 0.4) is 0 Å². The molecule has 0 bridgehead atoms. The molecule has 0 aliphatic heterocycles. The fourth-order valence-corrected chi connectivity index (χ4v) is 3.13. The molecule has 0 spiro atoms. The number of aromatic nitrogens is 5. The van der Waals surface area contributed by atoms with Crippen molar-refractivity contribution in [3.8, 4) is 17.3 Å². The van der Waals surface area contributed by atoms with Gasteiger partial charge >= 0.3 is 5.69 Å². The van der Waals surface area contributed by atoms with Gasteiger partial charge in [0, 0.05) is 11.8 Å². The Morgan fingerprint density at radius 2 is 1.96 bits per heavy atom. The maximum absolute atomic E-state index is 12.8. The Labute approximate surface area is 159 Å². The third-order valence-corrected chi connectivity index (χ3v) is 4.58. The molecule has 0 aliphatic rings. The Hall–Kier alpha value is -3.75. The first kappa shape index (κ1) is 17.7. The molecule has 3 aromatic heterocycles. The monoisotopic (exact) mass is 381 g/mol. The molecule has 0 radical (unpaired) electrons. The van der Waals surface area contributed by atoms with E-state index in [4.69, 9.17) is 4.52 Å². The van der Waals surface area contributed by atoms with E-state index in [1.54, 1.807) is 35.1 Å². The highest BCUT2D eigenvalue weighted by atomic mass is 16.5. The third-order valence-electron chi connectivity index (χ3n) is 4.58. The number of hydrogen-bond donors (Lipinski definition) is 2. The standard InChI is InChI=1S/C19H19N5O4/c1-12-17(13(2)28-21-12)10-23-9-15(7-20-23)24-18(26)11-22(19(24)27)8-14-4-3-5-16(25)6-14/h3-7,9,11,25-26H,8,10H2,1-2H3. The summed E-state index contributed by atoms with van der Waals surface area (Å²) in [7, 11) is 0. The smallest absolute Gasteiger partial charge is 0.336 e. The minimum atomic E-state index is -0.405. The van der Waals surface area contributed by atoms with Crippen molar-refractivity contribution in [2.24, 2.45) is 0 Å². The molecule has 4 rings (SSSR count). The van der Waals surface area contributed by atoms with Gasteiger partial charge in [-0.2, -0.15) is 5.10 Å². The van der Waals surface area contributed by atoms with Gasteiger partial charge in [0.25, 0.3) is 0 Å². The number of rotatable bonds is 5. The van der Waals surface area contributed by atoms with E-state index in [0.717, 1.165) is 16.8 Å². The summed E-state index contributed by atoms with van der Waals surface area (Å²) in [5.41, 5.74) is 2.49. The minimum Gasteiger partial charge on any atom is -0.508 e. The summed E-state index contributed by atoms with van der Waals surface area (Å²) in [6, 6.07) is 6.62. The number of aryl methyl sites for hydroxylation is 2. The number of hydrogen-bond acceptors (Lipinski definition) is 6. The summed E-state index contributed by atoms with van der Waals surface area (Å²) in [5.74, 6) is 0.642. The molecule has 2 N–H and O–H groups in total. The van der Waals surface area contributed by atoms with E-state index in [1.165, 1.54) is 21.5 Å². The van der Waals surface area contributed by atoms with Crippen LogP contribution < -0.4 is 5.69 Å². The van der Waals surface area contributed by atoms with Gasteiger partial charge in [-0.3, -0.25) is 9.25 Å². The normalized spacial score (nSPS) is 11.2. The van der Waals surface area contributed by atoms with Crippen LogP contribution in [0.25, 0.3) is 5.69 Å². The SMILES string of the molecule is Cc1noc(C)c1Cn1cc(-n2c(O)cn(Cc3cccc(O)c3)c2=O)cn1. The average Bonchev–Trinajstić information content (AvgIpc) is 3.30. The van der Waals surface area contributed by atoms with Crippen molar-refractivity contribution in [2.75, 3.05) is 0 Å². The highest BCUT2D eigenvalue weighted by Gasteiger charge is 2.16. The van der Waals surface area contributed by atoms with Crippen LogP contribution in [0.4, 0.5) is 0 Å². The van der Waals surface area contributed by atoms with Crippen molar-refractivity contribution in [2.45, 2.75) is 26.9 Å². The molecule has 0 unspecified atom stereocenters. The van der Waals surface area contributed by atoms with Crippen molar-refractivity contribution in [3.05, 3.63) is 75.9 Å². The van der Waals surface area contributed by atoms with Crippen LogP contribution in [-0.2, 0) is 13.1 Å². The Kier molecular flexibility index (Phi) is 4.26. The number of phenolic OH excluding ortho intramolecular Hbond substituents is 1. The van der Waals surface area contributed by atoms with E-state index in [9.17, 15) is 15.0 Å². The van der Waals surface area contributed by atoms with Gasteiger partial charge in [-0.05, 0) is 31.5 Å². The summed E-state index contributed by atoms with van der Waals surface area (Å²) < 4.78 is 9.36. The van der Waals surface area contributed by atoms with Crippen LogP contribution in [0.2, 0.25) is 0 Å². The molecule has 144 valence electrons. The van der Waals surface area contributed by atoms with E-state index in [2.05, 4.69) is 10.3 Å². The molecule has 9 nitrogen and oxygen atoms in total. The Bertz CT molecular complexity index is 1180. The first-order valence-electron chi connectivity index (χ1n) is 8.66. The number of phenols is 1. The van der Waals surface area contributed by atoms with Gasteiger partial charge in [0.15, 0.2) is 0 Å². The van der Waals surface area contributed by atoms with Gasteiger partial charge in [0.05, 0.1) is 36.9 Å². The van der Waals surface area contributed by atoms with Crippen molar-refractivity contribution >= 4 is 0 Å². The van der Waals surface area contributed by atoms with Crippen molar-refractivity contribution in [1.29, 1.82) is 0 Å². The van der Waals surface area contributed by atoms with E-state index >= 15 is 0 Å². The van der Waals surface area contributed by atoms with Gasteiger partial charge in [-0.15, -0.1) is 0 Å². The van der Waals surface area contributed by atoms with Crippen LogP contribution in [0, 0.1) is 13.8 Å². The quantitative estimate of drug-likeness (QED) is 0.547. The highest BCUT2D eigenvalue weighted by Crippen LogP contribution is 2.18. The third kappa shape index (κ3) is 3.18. The van der Waals surface area contributed by atoms with Crippen molar-refractivity contribution in [1.82, 2.24) is 24.1 Å². The van der Waals surface area contributed by atoms with Gasteiger partial charge in [0.2, 0.25) is 5.88 Å². The fourth-order valence-electron chi connectivity index (χ4n) is 3.13. The molecule has 0 saturated heterocycles. The molecule has 0 atom stereocenters. The maximum Gasteiger partial charge on any atom is 0.336 e. The molecule has 4 aromatic rings. The summed E-state index contributed by atoms with van der Waals surface area (Å²) in [5, 5.41) is 28.1. The summed E-state index contributed by atoms with van der Waals surface area (Å²) >= 11 is 0. The molecule has 0 amide bonds. The second-order valence-corrected chi connectivity index (χ2v) is 6.60. The summed E-state index contributed by atoms with van der Waals surface area (Å²) in [6.07, 6.45) is 4.54. The lowest BCUT2D eigenvalue weighted by Gasteiger charge is -2.02. The summed E-state index contributed by atoms with van der Waals surface area (Å²) in [6.45, 7) is 4.35. The molecule has 28 heavy (non-hydrogen) atoms. The predicted molar refractivity (Wildman–Crippen MR) is 99.8 cm³/mol. The number of imidazole rings is 1. The fraction of sp³-hybridized carbons (Fsp3) is 0.211. The number of benzene rings is 1.